The van der Waals surface area contributed by atoms with Gasteiger partial charge in [-0.1, -0.05) is 5.16 Å². The maximum atomic E-state index is 5.48. The third-order valence-corrected chi connectivity index (χ3v) is 5.11. The Hall–Kier alpha value is -2.15. The van der Waals surface area contributed by atoms with Crippen molar-refractivity contribution < 1.29 is 9.26 Å². The summed E-state index contributed by atoms with van der Waals surface area (Å²) in [6.07, 6.45) is 6.52. The average molecular weight is 343 g/mol. The van der Waals surface area contributed by atoms with E-state index in [0.717, 1.165) is 43.9 Å². The standard InChI is InChI=1S/C18H25N5O2/c1-22(18-19-8-7-17(20-18)24-2)15-4-3-9-23(12-15)11-14-10-16(25-21-14)13-5-6-13/h7-8,10,13,15H,3-6,9,11-12H2,1-2H3. The maximum absolute atomic E-state index is 5.48. The van der Waals surface area contributed by atoms with Crippen LogP contribution < -0.4 is 9.64 Å². The van der Waals surface area contributed by atoms with E-state index in [1.165, 1.54) is 12.8 Å². The Balaban J connectivity index is 1.39. The van der Waals surface area contributed by atoms with Gasteiger partial charge < -0.3 is 14.2 Å². The molecule has 0 bridgehead atoms. The summed E-state index contributed by atoms with van der Waals surface area (Å²) in [4.78, 5) is 13.4. The summed E-state index contributed by atoms with van der Waals surface area (Å²) in [6, 6.07) is 4.29. The van der Waals surface area contributed by atoms with Gasteiger partial charge in [0, 0.05) is 50.4 Å². The quantitative estimate of drug-likeness (QED) is 0.798. The molecule has 0 amide bonds. The minimum Gasteiger partial charge on any atom is -0.481 e. The lowest BCUT2D eigenvalue weighted by molar-refractivity contribution is 0.193. The molecule has 25 heavy (non-hydrogen) atoms. The molecular formula is C18H25N5O2. The first-order chi connectivity index (χ1) is 12.2. The molecule has 134 valence electrons. The fourth-order valence-electron chi connectivity index (χ4n) is 3.46. The van der Waals surface area contributed by atoms with E-state index in [4.69, 9.17) is 9.26 Å². The van der Waals surface area contributed by atoms with E-state index in [9.17, 15) is 0 Å². The molecule has 2 aromatic rings. The number of methoxy groups -OCH3 is 1. The Morgan fingerprint density at radius 1 is 1.36 bits per heavy atom. The zero-order valence-electron chi connectivity index (χ0n) is 14.9. The van der Waals surface area contributed by atoms with Crippen molar-refractivity contribution in [3.63, 3.8) is 0 Å². The molecule has 0 spiro atoms. The molecular weight excluding hydrogens is 318 g/mol. The number of aromatic nitrogens is 3. The minimum absolute atomic E-state index is 0.385. The molecule has 2 aromatic heterocycles. The van der Waals surface area contributed by atoms with Gasteiger partial charge in [-0.05, 0) is 32.2 Å². The van der Waals surface area contributed by atoms with Crippen LogP contribution in [0.2, 0.25) is 0 Å². The predicted molar refractivity (Wildman–Crippen MR) is 93.8 cm³/mol. The van der Waals surface area contributed by atoms with Crippen LogP contribution in [0, 0.1) is 0 Å². The highest BCUT2D eigenvalue weighted by Gasteiger charge is 2.29. The van der Waals surface area contributed by atoms with Crippen LogP contribution >= 0.6 is 0 Å². The van der Waals surface area contributed by atoms with Crippen molar-refractivity contribution in [2.45, 2.75) is 44.2 Å². The summed E-state index contributed by atoms with van der Waals surface area (Å²) >= 11 is 0. The molecule has 1 saturated carbocycles. The molecule has 1 saturated heterocycles. The lowest BCUT2D eigenvalue weighted by Crippen LogP contribution is -2.46. The summed E-state index contributed by atoms with van der Waals surface area (Å²) in [5.74, 6) is 2.99. The number of likely N-dealkylation sites (tertiary alicyclic amines) is 1. The highest BCUT2D eigenvalue weighted by Crippen LogP contribution is 2.40. The van der Waals surface area contributed by atoms with E-state index < -0.39 is 0 Å². The van der Waals surface area contributed by atoms with Gasteiger partial charge in [0.15, 0.2) is 0 Å². The normalized spacial score (nSPS) is 21.3. The minimum atomic E-state index is 0.385. The van der Waals surface area contributed by atoms with Crippen LogP contribution in [0.5, 0.6) is 5.88 Å². The first kappa shape index (κ1) is 16.3. The topological polar surface area (TPSA) is 67.5 Å². The molecule has 2 aliphatic rings. The Morgan fingerprint density at radius 3 is 3.04 bits per heavy atom. The van der Waals surface area contributed by atoms with Crippen molar-refractivity contribution >= 4 is 5.95 Å². The van der Waals surface area contributed by atoms with E-state index in [1.54, 1.807) is 19.4 Å². The molecule has 1 unspecified atom stereocenters. The van der Waals surface area contributed by atoms with Gasteiger partial charge in [-0.15, -0.1) is 0 Å². The summed E-state index contributed by atoms with van der Waals surface area (Å²) < 4.78 is 10.7. The highest BCUT2D eigenvalue weighted by atomic mass is 16.5. The van der Waals surface area contributed by atoms with Crippen molar-refractivity contribution in [1.82, 2.24) is 20.0 Å². The van der Waals surface area contributed by atoms with E-state index in [1.807, 2.05) is 0 Å². The second-order valence-electron chi connectivity index (χ2n) is 7.04. The third kappa shape index (κ3) is 3.76. The lowest BCUT2D eigenvalue weighted by Gasteiger charge is -2.37. The predicted octanol–water partition coefficient (Wildman–Crippen LogP) is 2.45. The Kier molecular flexibility index (Phi) is 4.57. The highest BCUT2D eigenvalue weighted by molar-refractivity contribution is 5.32. The smallest absolute Gasteiger partial charge is 0.228 e. The SMILES string of the molecule is COc1ccnc(N(C)C2CCCN(Cc3cc(C4CC4)on3)C2)n1. The molecule has 1 aliphatic carbocycles. The molecule has 0 N–H and O–H groups in total. The van der Waals surface area contributed by atoms with Crippen LogP contribution in [0.4, 0.5) is 5.95 Å². The van der Waals surface area contributed by atoms with Crippen LogP contribution in [-0.2, 0) is 6.54 Å². The largest absolute Gasteiger partial charge is 0.481 e. The summed E-state index contributed by atoms with van der Waals surface area (Å²) in [5.41, 5.74) is 1.04. The van der Waals surface area contributed by atoms with Gasteiger partial charge in [-0.3, -0.25) is 4.90 Å². The number of rotatable bonds is 6. The number of anilines is 1. The maximum Gasteiger partial charge on any atom is 0.228 e. The fraction of sp³-hybridized carbons (Fsp3) is 0.611. The number of piperidine rings is 1. The van der Waals surface area contributed by atoms with Gasteiger partial charge in [0.25, 0.3) is 0 Å². The van der Waals surface area contributed by atoms with Crippen LogP contribution in [0.3, 0.4) is 0 Å². The van der Waals surface area contributed by atoms with Gasteiger partial charge in [0.1, 0.15) is 5.76 Å². The Labute approximate surface area is 148 Å². The molecule has 1 aliphatic heterocycles. The van der Waals surface area contributed by atoms with Crippen LogP contribution in [-0.4, -0.2) is 53.3 Å². The fourth-order valence-corrected chi connectivity index (χ4v) is 3.46. The van der Waals surface area contributed by atoms with Crippen LogP contribution in [0.1, 0.15) is 43.1 Å². The van der Waals surface area contributed by atoms with Crippen LogP contribution in [0.15, 0.2) is 22.9 Å². The molecule has 2 fully saturated rings. The average Bonchev–Trinajstić information content (AvgIpc) is 3.41. The molecule has 1 atom stereocenters. The van der Waals surface area contributed by atoms with Crippen molar-refractivity contribution in [1.29, 1.82) is 0 Å². The zero-order valence-corrected chi connectivity index (χ0v) is 14.9. The van der Waals surface area contributed by atoms with E-state index in [-0.39, 0.29) is 0 Å². The first-order valence-corrected chi connectivity index (χ1v) is 9.00. The van der Waals surface area contributed by atoms with E-state index >= 15 is 0 Å². The van der Waals surface area contributed by atoms with E-state index in [0.29, 0.717) is 23.8 Å². The number of hydrogen-bond acceptors (Lipinski definition) is 7. The van der Waals surface area contributed by atoms with Crippen molar-refractivity contribution in [3.05, 3.63) is 29.8 Å². The number of ether oxygens (including phenoxy) is 1. The van der Waals surface area contributed by atoms with Gasteiger partial charge in [-0.2, -0.15) is 4.98 Å². The molecule has 4 rings (SSSR count). The number of hydrogen-bond donors (Lipinski definition) is 0. The molecule has 0 radical (unpaired) electrons. The molecule has 7 nitrogen and oxygen atoms in total. The van der Waals surface area contributed by atoms with Crippen LogP contribution in [0.25, 0.3) is 0 Å². The molecule has 3 heterocycles. The monoisotopic (exact) mass is 343 g/mol. The second kappa shape index (κ2) is 7.00. The van der Waals surface area contributed by atoms with Gasteiger partial charge in [-0.25, -0.2) is 4.98 Å². The summed E-state index contributed by atoms with van der Waals surface area (Å²) in [7, 11) is 3.69. The van der Waals surface area contributed by atoms with Gasteiger partial charge in [0.05, 0.1) is 12.8 Å². The summed E-state index contributed by atoms with van der Waals surface area (Å²) in [5, 5.41) is 4.25. The molecule has 0 aromatic carbocycles. The summed E-state index contributed by atoms with van der Waals surface area (Å²) in [6.45, 7) is 2.91. The number of nitrogens with zero attached hydrogens (tertiary/aromatic N) is 5. The molecule has 7 heteroatoms. The first-order valence-electron chi connectivity index (χ1n) is 9.00. The van der Waals surface area contributed by atoms with Gasteiger partial charge >= 0.3 is 0 Å². The Bertz CT molecular complexity index is 715. The zero-order chi connectivity index (χ0) is 17.2. The lowest BCUT2D eigenvalue weighted by atomic mass is 10.0. The third-order valence-electron chi connectivity index (χ3n) is 5.11. The van der Waals surface area contributed by atoms with E-state index in [2.05, 4.69) is 38.0 Å². The number of likely N-dealkylation sites (N-methyl/N-ethyl adjacent to an activating group) is 1. The Morgan fingerprint density at radius 2 is 2.24 bits per heavy atom. The van der Waals surface area contributed by atoms with Crippen molar-refractivity contribution in [2.24, 2.45) is 0 Å². The van der Waals surface area contributed by atoms with Gasteiger partial charge in [0.2, 0.25) is 11.8 Å². The second-order valence-corrected chi connectivity index (χ2v) is 7.04. The van der Waals surface area contributed by atoms with Crippen molar-refractivity contribution in [3.8, 4) is 5.88 Å². The van der Waals surface area contributed by atoms with Crippen molar-refractivity contribution in [2.75, 3.05) is 32.1 Å².